The van der Waals surface area contributed by atoms with Crippen LogP contribution in [-0.4, -0.2) is 42.6 Å². The van der Waals surface area contributed by atoms with Crippen LogP contribution in [0.15, 0.2) is 29.2 Å². The Morgan fingerprint density at radius 1 is 1.33 bits per heavy atom. The molecule has 1 N–H and O–H groups in total. The van der Waals surface area contributed by atoms with Crippen molar-refractivity contribution >= 4 is 16.0 Å². The molecule has 118 valence electrons. The highest BCUT2D eigenvalue weighted by Crippen LogP contribution is 2.25. The number of carbonyl (C=O) groups is 1. The van der Waals surface area contributed by atoms with Crippen molar-refractivity contribution in [2.75, 3.05) is 6.54 Å². The molecular formula is C12H14F3NO4S. The molecular weight excluding hydrogens is 311 g/mol. The van der Waals surface area contributed by atoms with Gasteiger partial charge in [0.25, 0.3) is 0 Å². The van der Waals surface area contributed by atoms with Gasteiger partial charge in [-0.2, -0.15) is 17.5 Å². The molecule has 1 aromatic carbocycles. The smallest absolute Gasteiger partial charge is 0.402 e. The highest BCUT2D eigenvalue weighted by atomic mass is 32.2. The van der Waals surface area contributed by atoms with Gasteiger partial charge in [0.05, 0.1) is 10.5 Å². The Bertz CT molecular complexity index is 626. The van der Waals surface area contributed by atoms with Gasteiger partial charge in [0, 0.05) is 6.04 Å². The number of rotatable bonds is 5. The molecule has 0 bridgehead atoms. The van der Waals surface area contributed by atoms with Crippen LogP contribution in [-0.2, 0) is 10.0 Å². The molecule has 0 spiro atoms. The standard InChI is InChI=1S/C12H14F3NO4S/c1-8(2)16(7-12(13,14)15)21(19,20)10-5-3-4-9(6-10)11(17)18/h3-6,8H,7H2,1-2H3,(H,17,18). The maximum atomic E-state index is 12.5. The van der Waals surface area contributed by atoms with Crippen LogP contribution in [0.2, 0.25) is 0 Å². The third kappa shape index (κ3) is 4.43. The summed E-state index contributed by atoms with van der Waals surface area (Å²) >= 11 is 0. The van der Waals surface area contributed by atoms with Gasteiger partial charge in [-0.3, -0.25) is 0 Å². The summed E-state index contributed by atoms with van der Waals surface area (Å²) in [4.78, 5) is 10.3. The van der Waals surface area contributed by atoms with Gasteiger partial charge in [0.2, 0.25) is 10.0 Å². The van der Waals surface area contributed by atoms with Crippen LogP contribution < -0.4 is 0 Å². The Morgan fingerprint density at radius 2 is 1.90 bits per heavy atom. The minimum Gasteiger partial charge on any atom is -0.478 e. The third-order valence-corrected chi connectivity index (χ3v) is 4.62. The van der Waals surface area contributed by atoms with E-state index in [2.05, 4.69) is 0 Å². The largest absolute Gasteiger partial charge is 0.478 e. The van der Waals surface area contributed by atoms with Crippen molar-refractivity contribution in [3.8, 4) is 0 Å². The van der Waals surface area contributed by atoms with Crippen LogP contribution in [0.4, 0.5) is 13.2 Å². The molecule has 21 heavy (non-hydrogen) atoms. The Morgan fingerprint density at radius 3 is 2.33 bits per heavy atom. The molecule has 0 unspecified atom stereocenters. The lowest BCUT2D eigenvalue weighted by Gasteiger charge is -2.26. The quantitative estimate of drug-likeness (QED) is 0.902. The fourth-order valence-corrected chi connectivity index (χ4v) is 3.32. The van der Waals surface area contributed by atoms with Gasteiger partial charge in [0.15, 0.2) is 0 Å². The van der Waals surface area contributed by atoms with Crippen molar-refractivity contribution in [2.24, 2.45) is 0 Å². The van der Waals surface area contributed by atoms with E-state index in [1.807, 2.05) is 0 Å². The molecule has 0 aliphatic heterocycles. The van der Waals surface area contributed by atoms with Gasteiger partial charge in [0.1, 0.15) is 6.54 Å². The molecule has 0 aliphatic carbocycles. The normalized spacial score (nSPS) is 12.9. The fourth-order valence-electron chi connectivity index (χ4n) is 1.65. The number of hydrogen-bond acceptors (Lipinski definition) is 3. The average Bonchev–Trinajstić information content (AvgIpc) is 2.34. The van der Waals surface area contributed by atoms with E-state index < -0.39 is 39.7 Å². The number of alkyl halides is 3. The fraction of sp³-hybridized carbons (Fsp3) is 0.417. The predicted molar refractivity (Wildman–Crippen MR) is 68.5 cm³/mol. The average molecular weight is 325 g/mol. The zero-order chi connectivity index (χ0) is 16.4. The second-order valence-corrected chi connectivity index (χ2v) is 6.48. The summed E-state index contributed by atoms with van der Waals surface area (Å²) < 4.78 is 62.4. The number of aromatic carboxylic acids is 1. The van der Waals surface area contributed by atoms with Crippen LogP contribution in [0.1, 0.15) is 24.2 Å². The minimum atomic E-state index is -4.69. The molecule has 0 aromatic heterocycles. The summed E-state index contributed by atoms with van der Waals surface area (Å²) in [6.45, 7) is 0.985. The molecule has 9 heteroatoms. The number of hydrogen-bond donors (Lipinski definition) is 1. The van der Waals surface area contributed by atoms with Crippen molar-refractivity contribution in [3.05, 3.63) is 29.8 Å². The predicted octanol–water partition coefficient (Wildman–Crippen LogP) is 2.35. The first-order chi connectivity index (χ1) is 9.45. The first kappa shape index (κ1) is 17.4. The zero-order valence-corrected chi connectivity index (χ0v) is 12.1. The van der Waals surface area contributed by atoms with E-state index in [-0.39, 0.29) is 9.87 Å². The van der Waals surface area contributed by atoms with Crippen molar-refractivity contribution in [3.63, 3.8) is 0 Å². The molecule has 0 heterocycles. The van der Waals surface area contributed by atoms with Crippen LogP contribution in [0, 0.1) is 0 Å². The molecule has 1 rings (SSSR count). The van der Waals surface area contributed by atoms with E-state index >= 15 is 0 Å². The lowest BCUT2D eigenvalue weighted by molar-refractivity contribution is -0.138. The second kappa shape index (κ2) is 6.02. The number of carboxylic acid groups (broad SMARTS) is 1. The van der Waals surface area contributed by atoms with Crippen molar-refractivity contribution < 1.29 is 31.5 Å². The molecule has 0 radical (unpaired) electrons. The van der Waals surface area contributed by atoms with Crippen LogP contribution in [0.5, 0.6) is 0 Å². The molecule has 1 aromatic rings. The van der Waals surface area contributed by atoms with Gasteiger partial charge in [-0.25, -0.2) is 13.2 Å². The minimum absolute atomic E-state index is 0.286. The molecule has 0 amide bonds. The van der Waals surface area contributed by atoms with E-state index in [0.717, 1.165) is 18.2 Å². The lowest BCUT2D eigenvalue weighted by atomic mass is 10.2. The summed E-state index contributed by atoms with van der Waals surface area (Å²) in [5, 5.41) is 8.82. The molecule has 0 aliphatic rings. The first-order valence-corrected chi connectivity index (χ1v) is 7.31. The van der Waals surface area contributed by atoms with Crippen molar-refractivity contribution in [1.82, 2.24) is 4.31 Å². The number of benzene rings is 1. The summed E-state index contributed by atoms with van der Waals surface area (Å²) in [6.07, 6.45) is -4.69. The van der Waals surface area contributed by atoms with Gasteiger partial charge in [-0.15, -0.1) is 0 Å². The Kier molecular flexibility index (Phi) is 5.00. The molecule has 0 fully saturated rings. The van der Waals surface area contributed by atoms with Gasteiger partial charge < -0.3 is 5.11 Å². The Labute approximate surface area is 120 Å². The topological polar surface area (TPSA) is 74.7 Å². The van der Waals surface area contributed by atoms with Gasteiger partial charge >= 0.3 is 12.1 Å². The first-order valence-electron chi connectivity index (χ1n) is 5.87. The van der Waals surface area contributed by atoms with Gasteiger partial charge in [-0.1, -0.05) is 6.07 Å². The third-order valence-electron chi connectivity index (χ3n) is 2.60. The zero-order valence-electron chi connectivity index (χ0n) is 11.3. The van der Waals surface area contributed by atoms with E-state index in [1.54, 1.807) is 0 Å². The second-order valence-electron chi connectivity index (χ2n) is 4.59. The van der Waals surface area contributed by atoms with E-state index in [4.69, 9.17) is 5.11 Å². The Hall–Kier alpha value is -1.61. The molecule has 5 nitrogen and oxygen atoms in total. The van der Waals surface area contributed by atoms with Crippen molar-refractivity contribution in [1.29, 1.82) is 0 Å². The summed E-state index contributed by atoms with van der Waals surface area (Å²) in [5.74, 6) is -1.36. The summed E-state index contributed by atoms with van der Waals surface area (Å²) in [7, 11) is -4.44. The van der Waals surface area contributed by atoms with Crippen molar-refractivity contribution in [2.45, 2.75) is 31.0 Å². The number of nitrogens with zero attached hydrogens (tertiary/aromatic N) is 1. The van der Waals surface area contributed by atoms with Gasteiger partial charge in [-0.05, 0) is 32.0 Å². The van der Waals surface area contributed by atoms with E-state index in [0.29, 0.717) is 0 Å². The molecule has 0 atom stereocenters. The van der Waals surface area contributed by atoms with Crippen LogP contribution in [0.3, 0.4) is 0 Å². The Balaban J connectivity index is 3.29. The number of halogens is 3. The number of carboxylic acids is 1. The number of sulfonamides is 1. The lowest BCUT2D eigenvalue weighted by Crippen LogP contribution is -2.43. The molecule has 0 saturated heterocycles. The summed E-state index contributed by atoms with van der Waals surface area (Å²) in [5.41, 5.74) is -0.313. The SMILES string of the molecule is CC(C)N(CC(F)(F)F)S(=O)(=O)c1cccc(C(=O)O)c1. The maximum Gasteiger partial charge on any atom is 0.402 e. The molecule has 0 saturated carbocycles. The van der Waals surface area contributed by atoms with E-state index in [9.17, 15) is 26.4 Å². The van der Waals surface area contributed by atoms with E-state index in [1.165, 1.54) is 19.9 Å². The monoisotopic (exact) mass is 325 g/mol. The highest BCUT2D eigenvalue weighted by Gasteiger charge is 2.38. The summed E-state index contributed by atoms with van der Waals surface area (Å²) in [6, 6.07) is 3.30. The van der Waals surface area contributed by atoms with Crippen LogP contribution >= 0.6 is 0 Å². The highest BCUT2D eigenvalue weighted by molar-refractivity contribution is 7.89. The maximum absolute atomic E-state index is 12.5. The van der Waals surface area contributed by atoms with Crippen LogP contribution in [0.25, 0.3) is 0 Å².